The number of nitrogens with zero attached hydrogens (tertiary/aromatic N) is 1. The Hall–Kier alpha value is -4.53. The number of rotatable bonds is 1. The van der Waals surface area contributed by atoms with E-state index in [1.165, 1.54) is 76.2 Å². The first kappa shape index (κ1) is 22.3. The Kier molecular flexibility index (Phi) is 4.46. The van der Waals surface area contributed by atoms with Crippen molar-refractivity contribution in [1.29, 1.82) is 0 Å². The zero-order valence-electron chi connectivity index (χ0n) is 22.1. The molecule has 1 atom stereocenters. The third-order valence-electron chi connectivity index (χ3n) is 8.93. The highest BCUT2D eigenvalue weighted by Gasteiger charge is 2.49. The highest BCUT2D eigenvalue weighted by Crippen LogP contribution is 2.61. The number of fused-ring (bicyclic) bond motifs is 11. The maximum absolute atomic E-state index is 2.51. The van der Waals surface area contributed by atoms with Crippen LogP contribution in [0.3, 0.4) is 0 Å². The number of para-hydroxylation sites is 3. The molecule has 1 spiro atoms. The standard InChI is InChI=1S/C38H25NS/c1-24-20-22-25(23-21-24)26-11-8-16-32-37(26)40-35-19-7-4-14-30(35)38(32)29-13-3-6-18-34(29)39-33-17-5-2-10-27(33)28-12-9-15-31(38)36(28)39/h2-23H,1H3. The van der Waals surface area contributed by atoms with Gasteiger partial charge in [-0.3, -0.25) is 0 Å². The summed E-state index contributed by atoms with van der Waals surface area (Å²) in [6.45, 7) is 2.16. The molecule has 40 heavy (non-hydrogen) atoms. The fraction of sp³-hybridized carbons (Fsp3) is 0.0526. The minimum atomic E-state index is -0.432. The summed E-state index contributed by atoms with van der Waals surface area (Å²) in [5.41, 5.74) is 12.7. The molecule has 2 aliphatic heterocycles. The van der Waals surface area contributed by atoms with Gasteiger partial charge in [0.05, 0.1) is 22.1 Å². The van der Waals surface area contributed by atoms with Crippen LogP contribution in [0, 0.1) is 6.92 Å². The minimum absolute atomic E-state index is 0.432. The van der Waals surface area contributed by atoms with Crippen molar-refractivity contribution in [3.8, 4) is 16.8 Å². The van der Waals surface area contributed by atoms with E-state index in [4.69, 9.17) is 0 Å². The van der Waals surface area contributed by atoms with Gasteiger partial charge in [0.25, 0.3) is 0 Å². The lowest BCUT2D eigenvalue weighted by Gasteiger charge is -2.45. The molecule has 0 bridgehead atoms. The molecule has 0 aliphatic carbocycles. The van der Waals surface area contributed by atoms with Crippen LogP contribution in [0.25, 0.3) is 38.6 Å². The number of aryl methyl sites for hydroxylation is 1. The topological polar surface area (TPSA) is 4.93 Å². The fourth-order valence-corrected chi connectivity index (χ4v) is 8.63. The van der Waals surface area contributed by atoms with Gasteiger partial charge in [0.2, 0.25) is 0 Å². The van der Waals surface area contributed by atoms with Gasteiger partial charge in [0.1, 0.15) is 0 Å². The summed E-state index contributed by atoms with van der Waals surface area (Å²) in [5.74, 6) is 0. The molecular weight excluding hydrogens is 502 g/mol. The van der Waals surface area contributed by atoms with Crippen LogP contribution in [-0.2, 0) is 5.41 Å². The first-order chi connectivity index (χ1) is 19.8. The second-order valence-corrected chi connectivity index (χ2v) is 12.0. The predicted octanol–water partition coefficient (Wildman–Crippen LogP) is 9.92. The maximum atomic E-state index is 2.51. The Balaban J connectivity index is 1.51. The van der Waals surface area contributed by atoms with Crippen molar-refractivity contribution in [2.75, 3.05) is 0 Å². The Bertz CT molecular complexity index is 2150. The summed E-state index contributed by atoms with van der Waals surface area (Å²) in [4.78, 5) is 2.67. The van der Waals surface area contributed by atoms with Crippen LogP contribution in [0.4, 0.5) is 0 Å². The van der Waals surface area contributed by atoms with E-state index >= 15 is 0 Å². The number of hydrogen-bond acceptors (Lipinski definition) is 1. The van der Waals surface area contributed by atoms with Crippen molar-refractivity contribution in [3.05, 3.63) is 161 Å². The lowest BCUT2D eigenvalue weighted by Crippen LogP contribution is -2.37. The summed E-state index contributed by atoms with van der Waals surface area (Å²) in [5, 5.41) is 2.62. The molecule has 1 unspecified atom stereocenters. The van der Waals surface area contributed by atoms with Crippen LogP contribution >= 0.6 is 11.8 Å². The molecule has 0 N–H and O–H groups in total. The average molecular weight is 528 g/mol. The van der Waals surface area contributed by atoms with Gasteiger partial charge in [0, 0.05) is 20.6 Å². The SMILES string of the molecule is Cc1ccc(-c2cccc3c2Sc2ccccc2C32c3ccccc3-n3c4ccccc4c4cccc2c43)cc1. The zero-order valence-corrected chi connectivity index (χ0v) is 22.9. The van der Waals surface area contributed by atoms with E-state index in [-0.39, 0.29) is 0 Å². The van der Waals surface area contributed by atoms with Crippen molar-refractivity contribution in [3.63, 3.8) is 0 Å². The van der Waals surface area contributed by atoms with E-state index in [2.05, 4.69) is 145 Å². The van der Waals surface area contributed by atoms with Crippen molar-refractivity contribution in [2.45, 2.75) is 22.1 Å². The van der Waals surface area contributed by atoms with Gasteiger partial charge in [-0.25, -0.2) is 0 Å². The molecule has 0 saturated carbocycles. The molecule has 2 aliphatic rings. The van der Waals surface area contributed by atoms with Gasteiger partial charge in [-0.2, -0.15) is 0 Å². The molecule has 2 heteroatoms. The molecule has 0 saturated heterocycles. The Morgan fingerprint density at radius 1 is 0.550 bits per heavy atom. The second kappa shape index (κ2) is 8.00. The van der Waals surface area contributed by atoms with Gasteiger partial charge in [-0.05, 0) is 58.5 Å². The van der Waals surface area contributed by atoms with Crippen LogP contribution < -0.4 is 0 Å². The van der Waals surface area contributed by atoms with Crippen molar-refractivity contribution in [2.24, 2.45) is 0 Å². The van der Waals surface area contributed by atoms with Crippen LogP contribution in [0.5, 0.6) is 0 Å². The fourth-order valence-electron chi connectivity index (χ4n) is 7.31. The first-order valence-electron chi connectivity index (χ1n) is 13.9. The van der Waals surface area contributed by atoms with E-state index in [1.807, 2.05) is 11.8 Å². The third kappa shape index (κ3) is 2.69. The van der Waals surface area contributed by atoms with Gasteiger partial charge < -0.3 is 4.57 Å². The van der Waals surface area contributed by atoms with E-state index in [0.717, 1.165) is 0 Å². The molecule has 0 amide bonds. The number of hydrogen-bond donors (Lipinski definition) is 0. The van der Waals surface area contributed by atoms with Crippen molar-refractivity contribution >= 4 is 33.6 Å². The zero-order chi connectivity index (χ0) is 26.4. The van der Waals surface area contributed by atoms with Crippen LogP contribution in [-0.4, -0.2) is 4.57 Å². The minimum Gasteiger partial charge on any atom is -0.309 e. The lowest BCUT2D eigenvalue weighted by molar-refractivity contribution is 0.690. The molecular formula is C38H25NS. The molecule has 0 fully saturated rings. The highest BCUT2D eigenvalue weighted by atomic mass is 32.2. The van der Waals surface area contributed by atoms with Crippen LogP contribution in [0.2, 0.25) is 0 Å². The molecule has 1 aromatic heterocycles. The monoisotopic (exact) mass is 527 g/mol. The molecule has 3 heterocycles. The van der Waals surface area contributed by atoms with Crippen LogP contribution in [0.1, 0.15) is 27.8 Å². The normalized spacial score (nSPS) is 16.6. The largest absolute Gasteiger partial charge is 0.309 e. The van der Waals surface area contributed by atoms with E-state index in [1.54, 1.807) is 0 Å². The van der Waals surface area contributed by atoms with Gasteiger partial charge in [-0.1, -0.05) is 133 Å². The number of benzene rings is 6. The molecule has 7 aromatic rings. The van der Waals surface area contributed by atoms with E-state index in [9.17, 15) is 0 Å². The van der Waals surface area contributed by atoms with Gasteiger partial charge in [-0.15, -0.1) is 0 Å². The van der Waals surface area contributed by atoms with Gasteiger partial charge in [0.15, 0.2) is 0 Å². The highest BCUT2D eigenvalue weighted by molar-refractivity contribution is 7.99. The Morgan fingerprint density at radius 3 is 2.12 bits per heavy atom. The summed E-state index contributed by atoms with van der Waals surface area (Å²) in [6, 6.07) is 49.9. The smallest absolute Gasteiger partial charge is 0.0764 e. The van der Waals surface area contributed by atoms with Crippen LogP contribution in [0.15, 0.2) is 143 Å². The molecule has 6 aromatic carbocycles. The lowest BCUT2D eigenvalue weighted by atomic mass is 9.62. The quantitative estimate of drug-likeness (QED) is 0.206. The van der Waals surface area contributed by atoms with Crippen molar-refractivity contribution in [1.82, 2.24) is 4.57 Å². The maximum Gasteiger partial charge on any atom is 0.0764 e. The Labute approximate surface area is 237 Å². The summed E-state index contributed by atoms with van der Waals surface area (Å²) < 4.78 is 2.51. The molecule has 1 nitrogen and oxygen atoms in total. The molecule has 0 radical (unpaired) electrons. The van der Waals surface area contributed by atoms with E-state index in [0.29, 0.717) is 0 Å². The third-order valence-corrected chi connectivity index (χ3v) is 10.2. The Morgan fingerprint density at radius 2 is 1.23 bits per heavy atom. The predicted molar refractivity (Wildman–Crippen MR) is 167 cm³/mol. The molecule has 188 valence electrons. The number of aromatic nitrogens is 1. The van der Waals surface area contributed by atoms with Gasteiger partial charge >= 0.3 is 0 Å². The molecule has 9 rings (SSSR count). The van der Waals surface area contributed by atoms with Crippen molar-refractivity contribution < 1.29 is 0 Å². The second-order valence-electron chi connectivity index (χ2n) is 11.0. The summed E-state index contributed by atoms with van der Waals surface area (Å²) in [7, 11) is 0. The first-order valence-corrected chi connectivity index (χ1v) is 14.7. The average Bonchev–Trinajstić information content (AvgIpc) is 3.35. The van der Waals surface area contributed by atoms with E-state index < -0.39 is 5.41 Å². The summed E-state index contributed by atoms with van der Waals surface area (Å²) >= 11 is 1.92. The summed E-state index contributed by atoms with van der Waals surface area (Å²) in [6.07, 6.45) is 0.